The van der Waals surface area contributed by atoms with Gasteiger partial charge in [-0.05, 0) is 24.8 Å². The molecule has 0 unspecified atom stereocenters. The molecule has 0 spiro atoms. The van der Waals surface area contributed by atoms with Crippen LogP contribution in [0.3, 0.4) is 0 Å². The van der Waals surface area contributed by atoms with Crippen molar-refractivity contribution >= 4 is 0 Å². The van der Waals surface area contributed by atoms with Gasteiger partial charge in [0, 0.05) is 6.42 Å². The van der Waals surface area contributed by atoms with Gasteiger partial charge in [0.15, 0.2) is 5.79 Å². The van der Waals surface area contributed by atoms with Crippen LogP contribution in [0.25, 0.3) is 0 Å². The molecule has 3 atom stereocenters. The summed E-state index contributed by atoms with van der Waals surface area (Å²) in [7, 11) is 0. The lowest BCUT2D eigenvalue weighted by atomic mass is 10.0. The fourth-order valence-corrected chi connectivity index (χ4v) is 4.84. The van der Waals surface area contributed by atoms with Crippen molar-refractivity contribution in [1.82, 2.24) is 0 Å². The smallest absolute Gasteiger partial charge is 0.168 e. The summed E-state index contributed by atoms with van der Waals surface area (Å²) in [6.45, 7) is 7.23. The van der Waals surface area contributed by atoms with E-state index in [1.165, 1.54) is 70.6 Å². The Labute approximate surface area is 221 Å². The van der Waals surface area contributed by atoms with Gasteiger partial charge in [0.2, 0.25) is 0 Å². The van der Waals surface area contributed by atoms with E-state index in [0.717, 1.165) is 31.2 Å². The van der Waals surface area contributed by atoms with Crippen molar-refractivity contribution < 1.29 is 19.3 Å². The second kappa shape index (κ2) is 18.8. The van der Waals surface area contributed by atoms with Crippen LogP contribution < -0.4 is 0 Å². The molecule has 0 saturated carbocycles. The van der Waals surface area contributed by atoms with E-state index < -0.39 is 18.0 Å². The van der Waals surface area contributed by atoms with Crippen LogP contribution >= 0.6 is 0 Å². The third kappa shape index (κ3) is 11.8. The largest absolute Gasteiger partial charge is 0.378 e. The number of hydrogen-bond acceptors (Lipinski definition) is 4. The first-order valence-corrected chi connectivity index (χ1v) is 14.8. The molecule has 1 aliphatic rings. The normalized spacial score (nSPS) is 18.5. The zero-order valence-corrected chi connectivity index (χ0v) is 23.3. The fourth-order valence-electron chi connectivity index (χ4n) is 4.84. The average Bonchev–Trinajstić information content (AvgIpc) is 3.34. The number of hydrogen-bond donors (Lipinski definition) is 1. The summed E-state index contributed by atoms with van der Waals surface area (Å²) in [5, 5.41) is 10.9. The van der Waals surface area contributed by atoms with Crippen LogP contribution in [-0.4, -0.2) is 35.8 Å². The number of rotatable bonds is 19. The van der Waals surface area contributed by atoms with Crippen LogP contribution in [0, 0.1) is 11.8 Å². The number of aliphatic hydroxyl groups excluding tert-OH is 1. The van der Waals surface area contributed by atoms with Crippen molar-refractivity contribution in [2.75, 3.05) is 6.61 Å². The van der Waals surface area contributed by atoms with Crippen LogP contribution in [-0.2, 0) is 20.8 Å². The quantitative estimate of drug-likeness (QED) is 0.155. The predicted octanol–water partition coefficient (Wildman–Crippen LogP) is 7.96. The first-order chi connectivity index (χ1) is 17.6. The summed E-state index contributed by atoms with van der Waals surface area (Å²) in [6, 6.07) is 10.0. The van der Waals surface area contributed by atoms with Crippen LogP contribution in [0.5, 0.6) is 0 Å². The molecule has 1 aromatic carbocycles. The minimum Gasteiger partial charge on any atom is -0.378 e. The predicted molar refractivity (Wildman–Crippen MR) is 149 cm³/mol. The van der Waals surface area contributed by atoms with Gasteiger partial charge in [-0.15, -0.1) is 5.92 Å². The number of aliphatic hydroxyl groups is 1. The van der Waals surface area contributed by atoms with E-state index in [4.69, 9.17) is 14.2 Å². The van der Waals surface area contributed by atoms with Crippen LogP contribution in [0.4, 0.5) is 0 Å². The summed E-state index contributed by atoms with van der Waals surface area (Å²) in [6.07, 6.45) is 16.6. The van der Waals surface area contributed by atoms with Crippen molar-refractivity contribution in [3.8, 4) is 11.8 Å². The monoisotopic (exact) mass is 500 g/mol. The van der Waals surface area contributed by atoms with Crippen molar-refractivity contribution in [3.05, 3.63) is 35.9 Å². The maximum atomic E-state index is 10.9. The van der Waals surface area contributed by atoms with Crippen LogP contribution in [0.2, 0.25) is 0 Å². The van der Waals surface area contributed by atoms with Crippen LogP contribution in [0.15, 0.2) is 30.3 Å². The molecule has 0 aromatic heterocycles. The Morgan fingerprint density at radius 3 is 2.03 bits per heavy atom. The Morgan fingerprint density at radius 2 is 1.47 bits per heavy atom. The lowest BCUT2D eigenvalue weighted by molar-refractivity contribution is -0.192. The topological polar surface area (TPSA) is 47.9 Å². The van der Waals surface area contributed by atoms with Gasteiger partial charge in [0.05, 0.1) is 13.2 Å². The summed E-state index contributed by atoms with van der Waals surface area (Å²) >= 11 is 0. The van der Waals surface area contributed by atoms with Gasteiger partial charge >= 0.3 is 0 Å². The Balaban J connectivity index is 1.70. The Hall–Kier alpha value is -1.38. The lowest BCUT2D eigenvalue weighted by Crippen LogP contribution is -2.42. The van der Waals surface area contributed by atoms with Crippen molar-refractivity contribution in [2.45, 2.75) is 148 Å². The third-order valence-corrected chi connectivity index (χ3v) is 7.32. The van der Waals surface area contributed by atoms with Gasteiger partial charge in [-0.3, -0.25) is 0 Å². The zero-order chi connectivity index (χ0) is 25.9. The molecule has 1 aromatic rings. The zero-order valence-electron chi connectivity index (χ0n) is 23.3. The molecule has 2 rings (SSSR count). The maximum absolute atomic E-state index is 10.9. The van der Waals surface area contributed by atoms with Crippen molar-refractivity contribution in [3.63, 3.8) is 0 Å². The second-order valence-corrected chi connectivity index (χ2v) is 10.3. The summed E-state index contributed by atoms with van der Waals surface area (Å²) in [5.41, 5.74) is 1.07. The van der Waals surface area contributed by atoms with Gasteiger partial charge in [0.25, 0.3) is 0 Å². The summed E-state index contributed by atoms with van der Waals surface area (Å²) in [5.74, 6) is 5.66. The first-order valence-electron chi connectivity index (χ1n) is 14.8. The molecule has 0 radical (unpaired) electrons. The molecule has 36 heavy (non-hydrogen) atoms. The Morgan fingerprint density at radius 1 is 0.889 bits per heavy atom. The fraction of sp³-hybridized carbons (Fsp3) is 0.750. The molecule has 4 heteroatoms. The Kier molecular flexibility index (Phi) is 16.1. The molecule has 4 nitrogen and oxygen atoms in total. The van der Waals surface area contributed by atoms with Crippen LogP contribution in [0.1, 0.15) is 123 Å². The molecule has 0 aliphatic carbocycles. The molecule has 1 fully saturated rings. The minimum absolute atomic E-state index is 0.329. The highest BCUT2D eigenvalue weighted by Gasteiger charge is 2.44. The molecule has 1 aliphatic heterocycles. The van der Waals surface area contributed by atoms with E-state index in [-0.39, 0.29) is 6.10 Å². The van der Waals surface area contributed by atoms with Gasteiger partial charge < -0.3 is 19.3 Å². The molecule has 0 amide bonds. The third-order valence-electron chi connectivity index (χ3n) is 7.32. The number of benzene rings is 1. The average molecular weight is 501 g/mol. The number of unbranched alkanes of at least 4 members (excludes halogenated alkanes) is 12. The molecule has 0 bridgehead atoms. The van der Waals surface area contributed by atoms with Crippen molar-refractivity contribution in [2.24, 2.45) is 0 Å². The van der Waals surface area contributed by atoms with Gasteiger partial charge in [0.1, 0.15) is 18.3 Å². The maximum Gasteiger partial charge on any atom is 0.168 e. The van der Waals surface area contributed by atoms with E-state index in [2.05, 4.69) is 32.6 Å². The standard InChI is InChI=1S/C32H52O4/c1-4-7-8-9-10-11-12-13-14-15-16-17-18-22-25-29(33)31(34-26-28-23-20-19-21-24-28)30-27-35-32(5-2,6-3)36-30/h19-21,23-24,29-31,33H,4-18,26-27H2,1-3H3/t29-,30+,31+/m0/s1. The van der Waals surface area contributed by atoms with E-state index in [9.17, 15) is 5.11 Å². The molecular weight excluding hydrogens is 448 g/mol. The highest BCUT2D eigenvalue weighted by Crippen LogP contribution is 2.33. The van der Waals surface area contributed by atoms with Gasteiger partial charge in [-0.25, -0.2) is 0 Å². The molecule has 1 heterocycles. The highest BCUT2D eigenvalue weighted by molar-refractivity contribution is 5.14. The molecule has 1 N–H and O–H groups in total. The molecule has 1 saturated heterocycles. The minimum atomic E-state index is -0.899. The Bertz CT molecular complexity index is 719. The van der Waals surface area contributed by atoms with Gasteiger partial charge in [-0.1, -0.05) is 128 Å². The van der Waals surface area contributed by atoms with E-state index in [0.29, 0.717) is 13.2 Å². The SMILES string of the molecule is CCCCCCCCCCCCCCC#C[C@H](O)[C@@H](OCc1ccccc1)[C@H]1COC(CC)(CC)O1. The molecule has 204 valence electrons. The second-order valence-electron chi connectivity index (χ2n) is 10.3. The summed E-state index contributed by atoms with van der Waals surface area (Å²) in [4.78, 5) is 0. The lowest BCUT2D eigenvalue weighted by Gasteiger charge is -2.28. The van der Waals surface area contributed by atoms with Crippen molar-refractivity contribution in [1.29, 1.82) is 0 Å². The van der Waals surface area contributed by atoms with E-state index in [1.54, 1.807) is 0 Å². The molecular formula is C32H52O4. The highest BCUT2D eigenvalue weighted by atomic mass is 16.8. The van der Waals surface area contributed by atoms with E-state index >= 15 is 0 Å². The van der Waals surface area contributed by atoms with E-state index in [1.807, 2.05) is 30.3 Å². The van der Waals surface area contributed by atoms with Gasteiger partial charge in [-0.2, -0.15) is 0 Å². The first kappa shape index (κ1) is 30.8. The number of ether oxygens (including phenoxy) is 3. The summed E-state index contributed by atoms with van der Waals surface area (Å²) < 4.78 is 18.4.